The summed E-state index contributed by atoms with van der Waals surface area (Å²) < 4.78 is 22.8. The predicted octanol–water partition coefficient (Wildman–Crippen LogP) is 1.47. The lowest BCUT2D eigenvalue weighted by molar-refractivity contribution is 0.244. The Morgan fingerprint density at radius 2 is 2.11 bits per heavy atom. The minimum atomic E-state index is -2.33. The van der Waals surface area contributed by atoms with E-state index in [4.69, 9.17) is 5.11 Å². The van der Waals surface area contributed by atoms with Crippen LogP contribution in [-0.4, -0.2) is 22.2 Å². The maximum absolute atomic E-state index is 11.6. The van der Waals surface area contributed by atoms with Gasteiger partial charge in [-0.2, -0.15) is 8.78 Å². The molecule has 0 amide bonds. The molecule has 0 spiro atoms. The molecule has 54 valence electrons. The molecule has 0 aliphatic heterocycles. The van der Waals surface area contributed by atoms with Gasteiger partial charge >= 0.3 is 0 Å². The topological polar surface area (TPSA) is 20.2 Å². The third-order valence-corrected chi connectivity index (χ3v) is 2.65. The Hall–Kier alpha value is 0.170. The van der Waals surface area contributed by atoms with Crippen molar-refractivity contribution < 1.29 is 13.9 Å². The molecule has 1 nitrogen and oxygen atoms in total. The Morgan fingerprint density at radius 1 is 1.56 bits per heavy atom. The standard InChI is InChI=1S/C5H8F2OS/c6-4(7)9-5(3-8)1-2-5/h4,8H,1-3H2. The highest BCUT2D eigenvalue weighted by Crippen LogP contribution is 2.50. The van der Waals surface area contributed by atoms with E-state index in [0.29, 0.717) is 11.8 Å². The van der Waals surface area contributed by atoms with Gasteiger partial charge < -0.3 is 5.11 Å². The van der Waals surface area contributed by atoms with E-state index in [2.05, 4.69) is 0 Å². The number of halogens is 2. The van der Waals surface area contributed by atoms with Crippen molar-refractivity contribution in [3.8, 4) is 0 Å². The first kappa shape index (κ1) is 7.28. The number of aliphatic hydroxyl groups is 1. The second-order valence-corrected chi connectivity index (χ2v) is 3.68. The first-order chi connectivity index (χ1) is 4.18. The summed E-state index contributed by atoms with van der Waals surface area (Å²) in [5.74, 6) is -2.33. The van der Waals surface area contributed by atoms with E-state index in [0.717, 1.165) is 12.8 Å². The van der Waals surface area contributed by atoms with Crippen LogP contribution in [0.15, 0.2) is 0 Å². The van der Waals surface area contributed by atoms with Gasteiger partial charge in [0.2, 0.25) is 0 Å². The zero-order chi connectivity index (χ0) is 6.91. The van der Waals surface area contributed by atoms with Crippen molar-refractivity contribution in [1.82, 2.24) is 0 Å². The Bertz CT molecular complexity index is 103. The van der Waals surface area contributed by atoms with Crippen molar-refractivity contribution >= 4 is 11.8 Å². The number of hydrogen-bond donors (Lipinski definition) is 1. The first-order valence-electron chi connectivity index (χ1n) is 2.75. The summed E-state index contributed by atoms with van der Waals surface area (Å²) in [7, 11) is 0. The van der Waals surface area contributed by atoms with E-state index >= 15 is 0 Å². The number of alkyl halides is 2. The summed E-state index contributed by atoms with van der Waals surface area (Å²) in [6.07, 6.45) is 1.47. The molecule has 0 atom stereocenters. The van der Waals surface area contributed by atoms with Gasteiger partial charge in [0.15, 0.2) is 0 Å². The molecule has 1 rings (SSSR count). The summed E-state index contributed by atoms with van der Waals surface area (Å²) in [6, 6.07) is 0. The lowest BCUT2D eigenvalue weighted by Gasteiger charge is -2.08. The van der Waals surface area contributed by atoms with Gasteiger partial charge in [-0.05, 0) is 12.8 Å². The fraction of sp³-hybridized carbons (Fsp3) is 1.00. The first-order valence-corrected chi connectivity index (χ1v) is 3.63. The lowest BCUT2D eigenvalue weighted by atomic mass is 10.5. The van der Waals surface area contributed by atoms with Crippen molar-refractivity contribution in [2.45, 2.75) is 23.3 Å². The van der Waals surface area contributed by atoms with Crippen LogP contribution in [-0.2, 0) is 0 Å². The zero-order valence-electron chi connectivity index (χ0n) is 4.81. The summed E-state index contributed by atoms with van der Waals surface area (Å²) >= 11 is 0.584. The Balaban J connectivity index is 2.25. The van der Waals surface area contributed by atoms with Crippen molar-refractivity contribution in [3.05, 3.63) is 0 Å². The SMILES string of the molecule is OCC1(SC(F)F)CC1. The third kappa shape index (κ3) is 1.79. The second kappa shape index (κ2) is 2.42. The smallest absolute Gasteiger partial charge is 0.285 e. The molecule has 9 heavy (non-hydrogen) atoms. The van der Waals surface area contributed by atoms with Crippen molar-refractivity contribution in [2.24, 2.45) is 0 Å². The third-order valence-electron chi connectivity index (χ3n) is 1.43. The fourth-order valence-electron chi connectivity index (χ4n) is 0.642. The quantitative estimate of drug-likeness (QED) is 0.664. The van der Waals surface area contributed by atoms with Gasteiger partial charge in [0.05, 0.1) is 6.61 Å². The highest BCUT2D eigenvalue weighted by Gasteiger charge is 2.45. The zero-order valence-corrected chi connectivity index (χ0v) is 5.63. The summed E-state index contributed by atoms with van der Waals surface area (Å²) in [6.45, 7) is -0.109. The average Bonchev–Trinajstić information content (AvgIpc) is 2.48. The number of rotatable bonds is 3. The minimum Gasteiger partial charge on any atom is -0.395 e. The van der Waals surface area contributed by atoms with Crippen LogP contribution >= 0.6 is 11.8 Å². The Kier molecular flexibility index (Phi) is 1.96. The van der Waals surface area contributed by atoms with Crippen LogP contribution < -0.4 is 0 Å². The van der Waals surface area contributed by atoms with E-state index in [1.807, 2.05) is 0 Å². The maximum atomic E-state index is 11.6. The van der Waals surface area contributed by atoms with Crippen molar-refractivity contribution in [1.29, 1.82) is 0 Å². The van der Waals surface area contributed by atoms with Crippen LogP contribution in [0.2, 0.25) is 0 Å². The molecule has 0 aromatic heterocycles. The molecule has 1 N–H and O–H groups in total. The van der Waals surface area contributed by atoms with E-state index < -0.39 is 10.5 Å². The monoisotopic (exact) mass is 154 g/mol. The van der Waals surface area contributed by atoms with Gasteiger partial charge in [-0.15, -0.1) is 0 Å². The summed E-state index contributed by atoms with van der Waals surface area (Å²) in [5, 5.41) is 8.55. The van der Waals surface area contributed by atoms with Gasteiger partial charge in [-0.1, -0.05) is 11.8 Å². The minimum absolute atomic E-state index is 0.109. The molecule has 0 saturated heterocycles. The van der Waals surface area contributed by atoms with Crippen LogP contribution in [0.25, 0.3) is 0 Å². The molecule has 0 radical (unpaired) electrons. The average molecular weight is 154 g/mol. The van der Waals surface area contributed by atoms with Gasteiger partial charge in [-0.25, -0.2) is 0 Å². The summed E-state index contributed by atoms with van der Waals surface area (Å²) in [5.41, 5.74) is 0. The molecular formula is C5H8F2OS. The van der Waals surface area contributed by atoms with Gasteiger partial charge in [0, 0.05) is 4.75 Å². The molecule has 0 bridgehead atoms. The van der Waals surface area contributed by atoms with Crippen LogP contribution in [0, 0.1) is 0 Å². The number of hydrogen-bond acceptors (Lipinski definition) is 2. The summed E-state index contributed by atoms with van der Waals surface area (Å²) in [4.78, 5) is 0. The Labute approximate surface area is 56.4 Å². The predicted molar refractivity (Wildman–Crippen MR) is 32.6 cm³/mol. The largest absolute Gasteiger partial charge is 0.395 e. The molecule has 0 unspecified atom stereocenters. The molecule has 1 saturated carbocycles. The fourth-order valence-corrected chi connectivity index (χ4v) is 1.43. The molecule has 4 heteroatoms. The molecule has 1 aliphatic rings. The maximum Gasteiger partial charge on any atom is 0.285 e. The molecule has 1 fully saturated rings. The van der Waals surface area contributed by atoms with E-state index in [9.17, 15) is 8.78 Å². The van der Waals surface area contributed by atoms with Gasteiger partial charge in [0.1, 0.15) is 0 Å². The normalized spacial score (nSPS) is 22.7. The van der Waals surface area contributed by atoms with Crippen LogP contribution in [0.5, 0.6) is 0 Å². The van der Waals surface area contributed by atoms with E-state index in [1.165, 1.54) is 0 Å². The molecule has 0 aromatic carbocycles. The van der Waals surface area contributed by atoms with E-state index in [1.54, 1.807) is 0 Å². The highest BCUT2D eigenvalue weighted by atomic mass is 32.2. The van der Waals surface area contributed by atoms with Crippen LogP contribution in [0.1, 0.15) is 12.8 Å². The molecular weight excluding hydrogens is 146 g/mol. The van der Waals surface area contributed by atoms with Crippen LogP contribution in [0.4, 0.5) is 8.78 Å². The lowest BCUT2D eigenvalue weighted by Crippen LogP contribution is -2.10. The van der Waals surface area contributed by atoms with E-state index in [-0.39, 0.29) is 6.61 Å². The van der Waals surface area contributed by atoms with Crippen molar-refractivity contribution in [3.63, 3.8) is 0 Å². The number of thioether (sulfide) groups is 1. The highest BCUT2D eigenvalue weighted by molar-refractivity contribution is 8.01. The molecule has 0 heterocycles. The second-order valence-electron chi connectivity index (χ2n) is 2.22. The van der Waals surface area contributed by atoms with Crippen molar-refractivity contribution in [2.75, 3.05) is 6.61 Å². The van der Waals surface area contributed by atoms with Gasteiger partial charge in [0.25, 0.3) is 5.76 Å². The molecule has 1 aliphatic carbocycles. The van der Waals surface area contributed by atoms with Gasteiger partial charge in [-0.3, -0.25) is 0 Å². The Morgan fingerprint density at radius 3 is 2.22 bits per heavy atom. The van der Waals surface area contributed by atoms with Crippen LogP contribution in [0.3, 0.4) is 0 Å². The molecule has 0 aromatic rings. The number of aliphatic hydroxyl groups excluding tert-OH is 1.